The molecule has 114 valence electrons. The van der Waals surface area contributed by atoms with Crippen LogP contribution in [0, 0.1) is 11.3 Å². The molecule has 2 aromatic heterocycles. The smallest absolute Gasteiger partial charge is 0.135 e. The van der Waals surface area contributed by atoms with Gasteiger partial charge in [-0.1, -0.05) is 30.3 Å². The van der Waals surface area contributed by atoms with Gasteiger partial charge in [-0.2, -0.15) is 10.4 Å². The summed E-state index contributed by atoms with van der Waals surface area (Å²) in [7, 11) is 0. The first-order valence-corrected chi connectivity index (χ1v) is 8.23. The van der Waals surface area contributed by atoms with E-state index in [-0.39, 0.29) is 0 Å². The molecule has 0 radical (unpaired) electrons. The highest BCUT2D eigenvalue weighted by Crippen LogP contribution is 2.27. The molecule has 0 saturated heterocycles. The standard InChI is InChI=1S/C19H12N4S/c20-11-15(19-22-17-8-4-5-9-18(17)24-19)10-14-12-21-23(13-14)16-6-2-1-3-7-16/h1-10,12-13H/b15-10+. The van der Waals surface area contributed by atoms with Gasteiger partial charge < -0.3 is 0 Å². The summed E-state index contributed by atoms with van der Waals surface area (Å²) in [4.78, 5) is 4.55. The van der Waals surface area contributed by atoms with Crippen molar-refractivity contribution < 1.29 is 0 Å². The largest absolute Gasteiger partial charge is 0.240 e. The molecule has 4 nitrogen and oxygen atoms in total. The van der Waals surface area contributed by atoms with Crippen molar-refractivity contribution in [2.24, 2.45) is 0 Å². The van der Waals surface area contributed by atoms with E-state index in [9.17, 15) is 5.26 Å². The fourth-order valence-electron chi connectivity index (χ4n) is 2.43. The minimum atomic E-state index is 0.545. The molecule has 24 heavy (non-hydrogen) atoms. The zero-order chi connectivity index (χ0) is 16.4. The maximum Gasteiger partial charge on any atom is 0.135 e. The lowest BCUT2D eigenvalue weighted by Gasteiger charge is -1.98. The van der Waals surface area contributed by atoms with Crippen molar-refractivity contribution in [2.75, 3.05) is 0 Å². The zero-order valence-electron chi connectivity index (χ0n) is 12.6. The van der Waals surface area contributed by atoms with Crippen molar-refractivity contribution in [3.05, 3.63) is 77.6 Å². The highest BCUT2D eigenvalue weighted by Gasteiger charge is 2.09. The van der Waals surface area contributed by atoms with E-state index in [1.54, 1.807) is 10.9 Å². The van der Waals surface area contributed by atoms with Crippen molar-refractivity contribution in [1.29, 1.82) is 5.26 Å². The van der Waals surface area contributed by atoms with Gasteiger partial charge >= 0.3 is 0 Å². The van der Waals surface area contributed by atoms with Gasteiger partial charge in [0.25, 0.3) is 0 Å². The van der Waals surface area contributed by atoms with Gasteiger partial charge in [-0.05, 0) is 30.3 Å². The molecule has 4 rings (SSSR count). The summed E-state index contributed by atoms with van der Waals surface area (Å²) in [5, 5.41) is 14.6. The fourth-order valence-corrected chi connectivity index (χ4v) is 3.36. The number of benzene rings is 2. The second-order valence-corrected chi connectivity index (χ2v) is 6.24. The molecular weight excluding hydrogens is 316 g/mol. The third kappa shape index (κ3) is 2.71. The molecule has 0 spiro atoms. The van der Waals surface area contributed by atoms with Gasteiger partial charge in [0, 0.05) is 11.8 Å². The van der Waals surface area contributed by atoms with Crippen molar-refractivity contribution in [1.82, 2.24) is 14.8 Å². The Balaban J connectivity index is 1.71. The SMILES string of the molecule is N#C/C(=C\c1cnn(-c2ccccc2)c1)c1nc2ccccc2s1. The van der Waals surface area contributed by atoms with E-state index >= 15 is 0 Å². The van der Waals surface area contributed by atoms with Crippen LogP contribution in [0.4, 0.5) is 0 Å². The summed E-state index contributed by atoms with van der Waals surface area (Å²) in [5.74, 6) is 0. The molecule has 0 aliphatic carbocycles. The molecule has 0 N–H and O–H groups in total. The zero-order valence-corrected chi connectivity index (χ0v) is 13.4. The normalized spacial score (nSPS) is 11.5. The topological polar surface area (TPSA) is 54.5 Å². The summed E-state index contributed by atoms with van der Waals surface area (Å²) in [6.45, 7) is 0. The predicted octanol–water partition coefficient (Wildman–Crippen LogP) is 4.55. The number of rotatable bonds is 3. The number of nitriles is 1. The Morgan fingerprint density at radius 3 is 2.67 bits per heavy atom. The number of aromatic nitrogens is 3. The van der Waals surface area contributed by atoms with E-state index in [0.717, 1.165) is 26.5 Å². The lowest BCUT2D eigenvalue weighted by molar-refractivity contribution is 0.880. The second kappa shape index (κ2) is 6.11. The van der Waals surface area contributed by atoms with Crippen LogP contribution in [-0.4, -0.2) is 14.8 Å². The molecule has 2 heterocycles. The predicted molar refractivity (Wildman–Crippen MR) is 96.7 cm³/mol. The molecule has 5 heteroatoms. The summed E-state index contributed by atoms with van der Waals surface area (Å²) >= 11 is 1.52. The highest BCUT2D eigenvalue weighted by molar-refractivity contribution is 7.19. The molecule has 0 bridgehead atoms. The first kappa shape index (κ1) is 14.4. The monoisotopic (exact) mass is 328 g/mol. The molecule has 4 aromatic rings. The number of fused-ring (bicyclic) bond motifs is 1. The Labute approximate surface area is 142 Å². The van der Waals surface area contributed by atoms with E-state index in [1.807, 2.05) is 66.9 Å². The first-order chi connectivity index (χ1) is 11.8. The Kier molecular flexibility index (Phi) is 3.66. The van der Waals surface area contributed by atoms with E-state index in [2.05, 4.69) is 16.2 Å². The number of para-hydroxylation sites is 2. The van der Waals surface area contributed by atoms with Crippen LogP contribution in [0.15, 0.2) is 67.0 Å². The molecule has 0 amide bonds. The Morgan fingerprint density at radius 2 is 1.88 bits per heavy atom. The lowest BCUT2D eigenvalue weighted by Crippen LogP contribution is -1.92. The van der Waals surface area contributed by atoms with Gasteiger partial charge in [-0.25, -0.2) is 9.67 Å². The molecule has 0 aliphatic rings. The molecule has 0 atom stereocenters. The minimum absolute atomic E-state index is 0.545. The number of thiazole rings is 1. The lowest BCUT2D eigenvalue weighted by atomic mass is 10.2. The number of allylic oxidation sites excluding steroid dienone is 1. The van der Waals surface area contributed by atoms with E-state index < -0.39 is 0 Å². The van der Waals surface area contributed by atoms with Gasteiger partial charge in [0.1, 0.15) is 11.1 Å². The molecule has 0 unspecified atom stereocenters. The fraction of sp³-hybridized carbons (Fsp3) is 0. The van der Waals surface area contributed by atoms with Crippen molar-refractivity contribution in [2.45, 2.75) is 0 Å². The van der Waals surface area contributed by atoms with Gasteiger partial charge in [-0.15, -0.1) is 11.3 Å². The summed E-state index contributed by atoms with van der Waals surface area (Å²) in [6, 6.07) is 20.0. The molecule has 0 aliphatic heterocycles. The van der Waals surface area contributed by atoms with Crippen LogP contribution in [0.3, 0.4) is 0 Å². The highest BCUT2D eigenvalue weighted by atomic mass is 32.1. The maximum atomic E-state index is 9.51. The average molecular weight is 328 g/mol. The molecule has 0 saturated carbocycles. The third-order valence-corrected chi connectivity index (χ3v) is 4.65. The summed E-state index contributed by atoms with van der Waals surface area (Å²) in [5.41, 5.74) is 3.31. The van der Waals surface area contributed by atoms with Crippen molar-refractivity contribution in [3.8, 4) is 11.8 Å². The summed E-state index contributed by atoms with van der Waals surface area (Å²) in [6.07, 6.45) is 5.47. The van der Waals surface area contributed by atoms with Crippen LogP contribution in [0.2, 0.25) is 0 Å². The van der Waals surface area contributed by atoms with Gasteiger partial charge in [0.2, 0.25) is 0 Å². The molecule has 2 aromatic carbocycles. The minimum Gasteiger partial charge on any atom is -0.240 e. The Bertz CT molecular complexity index is 1030. The molecular formula is C19H12N4S. The van der Waals surface area contributed by atoms with Crippen molar-refractivity contribution >= 4 is 33.2 Å². The Hall–Kier alpha value is -3.23. The number of hydrogen-bond donors (Lipinski definition) is 0. The quantitative estimate of drug-likeness (QED) is 0.519. The van der Waals surface area contributed by atoms with E-state index in [1.165, 1.54) is 11.3 Å². The third-order valence-electron chi connectivity index (χ3n) is 3.58. The first-order valence-electron chi connectivity index (χ1n) is 7.41. The van der Waals surface area contributed by atoms with Crippen LogP contribution in [0.5, 0.6) is 0 Å². The average Bonchev–Trinajstić information content (AvgIpc) is 3.27. The van der Waals surface area contributed by atoms with E-state index in [0.29, 0.717) is 5.57 Å². The summed E-state index contributed by atoms with van der Waals surface area (Å²) < 4.78 is 2.87. The van der Waals surface area contributed by atoms with Crippen molar-refractivity contribution in [3.63, 3.8) is 0 Å². The van der Waals surface area contributed by atoms with Crippen LogP contribution < -0.4 is 0 Å². The van der Waals surface area contributed by atoms with Crippen LogP contribution in [-0.2, 0) is 0 Å². The van der Waals surface area contributed by atoms with E-state index in [4.69, 9.17) is 0 Å². The van der Waals surface area contributed by atoms with Crippen LogP contribution >= 0.6 is 11.3 Å². The van der Waals surface area contributed by atoms with Crippen LogP contribution in [0.25, 0.3) is 27.6 Å². The molecule has 0 fully saturated rings. The van der Waals surface area contributed by atoms with Crippen LogP contribution in [0.1, 0.15) is 10.6 Å². The van der Waals surface area contributed by atoms with Gasteiger partial charge in [0.15, 0.2) is 0 Å². The number of nitrogens with zero attached hydrogens (tertiary/aromatic N) is 4. The number of hydrogen-bond acceptors (Lipinski definition) is 4. The Morgan fingerprint density at radius 1 is 1.08 bits per heavy atom. The second-order valence-electron chi connectivity index (χ2n) is 5.21. The maximum absolute atomic E-state index is 9.51. The van der Waals surface area contributed by atoms with Gasteiger partial charge in [-0.3, -0.25) is 0 Å². The van der Waals surface area contributed by atoms with Gasteiger partial charge in [0.05, 0.1) is 27.7 Å².